The van der Waals surface area contributed by atoms with E-state index in [-0.39, 0.29) is 6.04 Å². The third-order valence-electron chi connectivity index (χ3n) is 3.30. The molecule has 1 atom stereocenters. The summed E-state index contributed by atoms with van der Waals surface area (Å²) in [5.41, 5.74) is 6.57. The Balaban J connectivity index is 3.04. The second-order valence-corrected chi connectivity index (χ2v) is 5.39. The number of benzene rings is 1. The highest BCUT2D eigenvalue weighted by Gasteiger charge is 2.18. The van der Waals surface area contributed by atoms with Crippen molar-refractivity contribution in [3.8, 4) is 5.75 Å². The van der Waals surface area contributed by atoms with E-state index in [4.69, 9.17) is 10.6 Å². The molecule has 0 amide bonds. The molecule has 102 valence electrons. The number of aryl methyl sites for hydroxylation is 2. The average Bonchev–Trinajstić information content (AvgIpc) is 2.30. The quantitative estimate of drug-likeness (QED) is 0.602. The van der Waals surface area contributed by atoms with Crippen LogP contribution in [0.15, 0.2) is 12.1 Å². The van der Waals surface area contributed by atoms with Gasteiger partial charge < -0.3 is 4.74 Å². The van der Waals surface area contributed by atoms with E-state index in [1.807, 2.05) is 0 Å². The molecule has 3 nitrogen and oxygen atoms in total. The zero-order valence-electron chi connectivity index (χ0n) is 12.2. The van der Waals surface area contributed by atoms with Gasteiger partial charge in [-0.25, -0.2) is 0 Å². The van der Waals surface area contributed by atoms with Crippen LogP contribution in [0.5, 0.6) is 5.75 Å². The molecule has 0 radical (unpaired) electrons. The lowest BCUT2D eigenvalue weighted by atomic mass is 9.93. The van der Waals surface area contributed by atoms with Gasteiger partial charge in [0, 0.05) is 11.6 Å². The van der Waals surface area contributed by atoms with E-state index in [0.29, 0.717) is 5.92 Å². The predicted molar refractivity (Wildman–Crippen MR) is 76.6 cm³/mol. The van der Waals surface area contributed by atoms with Crippen LogP contribution in [0.2, 0.25) is 0 Å². The predicted octanol–water partition coefficient (Wildman–Crippen LogP) is 3.25. The van der Waals surface area contributed by atoms with E-state index in [1.165, 1.54) is 16.7 Å². The van der Waals surface area contributed by atoms with Gasteiger partial charge in [-0.15, -0.1) is 0 Å². The van der Waals surface area contributed by atoms with Crippen molar-refractivity contribution in [3.05, 3.63) is 28.8 Å². The van der Waals surface area contributed by atoms with Crippen molar-refractivity contribution in [1.29, 1.82) is 0 Å². The number of hydrogen-bond donors (Lipinski definition) is 2. The van der Waals surface area contributed by atoms with Crippen LogP contribution >= 0.6 is 0 Å². The van der Waals surface area contributed by atoms with Crippen LogP contribution in [0.4, 0.5) is 0 Å². The molecular weight excluding hydrogens is 224 g/mol. The lowest BCUT2D eigenvalue weighted by Gasteiger charge is -2.22. The van der Waals surface area contributed by atoms with Gasteiger partial charge in [0.15, 0.2) is 0 Å². The van der Waals surface area contributed by atoms with Crippen LogP contribution in [0, 0.1) is 19.8 Å². The lowest BCUT2D eigenvalue weighted by molar-refractivity contribution is 0.386. The summed E-state index contributed by atoms with van der Waals surface area (Å²) in [4.78, 5) is 0. The van der Waals surface area contributed by atoms with Crippen molar-refractivity contribution in [2.24, 2.45) is 11.8 Å². The number of nitrogens with two attached hydrogens (primary N) is 1. The minimum absolute atomic E-state index is 0.156. The standard InChI is InChI=1S/C15H26N2O/c1-10(2)6-7-13(17-16)15-12(4)8-11(3)9-14(15)18-5/h8-10,13,17H,6-7,16H2,1-5H3. The maximum absolute atomic E-state index is 5.72. The second-order valence-electron chi connectivity index (χ2n) is 5.39. The summed E-state index contributed by atoms with van der Waals surface area (Å²) >= 11 is 0. The van der Waals surface area contributed by atoms with Gasteiger partial charge in [-0.2, -0.15) is 0 Å². The summed E-state index contributed by atoms with van der Waals surface area (Å²) in [5.74, 6) is 7.32. The summed E-state index contributed by atoms with van der Waals surface area (Å²) < 4.78 is 5.50. The normalized spacial score (nSPS) is 12.8. The van der Waals surface area contributed by atoms with Crippen molar-refractivity contribution >= 4 is 0 Å². The number of nitrogens with one attached hydrogen (secondary N) is 1. The van der Waals surface area contributed by atoms with E-state index in [9.17, 15) is 0 Å². The first-order valence-corrected chi connectivity index (χ1v) is 6.60. The molecule has 1 rings (SSSR count). The Bertz CT molecular complexity index is 388. The maximum Gasteiger partial charge on any atom is 0.124 e. The Labute approximate surface area is 111 Å². The maximum atomic E-state index is 5.72. The van der Waals surface area contributed by atoms with Crippen molar-refractivity contribution in [2.45, 2.75) is 46.6 Å². The highest BCUT2D eigenvalue weighted by Crippen LogP contribution is 2.32. The molecule has 18 heavy (non-hydrogen) atoms. The fourth-order valence-electron chi connectivity index (χ4n) is 2.37. The number of hydrogen-bond acceptors (Lipinski definition) is 3. The van der Waals surface area contributed by atoms with Crippen LogP contribution in [0.25, 0.3) is 0 Å². The number of hydrazine groups is 1. The molecule has 0 saturated carbocycles. The van der Waals surface area contributed by atoms with E-state index in [2.05, 4.69) is 45.3 Å². The molecule has 3 N–H and O–H groups in total. The van der Waals surface area contributed by atoms with Crippen molar-refractivity contribution in [3.63, 3.8) is 0 Å². The number of rotatable bonds is 6. The first kappa shape index (κ1) is 15.0. The smallest absolute Gasteiger partial charge is 0.124 e. The topological polar surface area (TPSA) is 47.3 Å². The average molecular weight is 250 g/mol. The summed E-state index contributed by atoms with van der Waals surface area (Å²) in [6.07, 6.45) is 2.17. The van der Waals surface area contributed by atoms with Gasteiger partial charge in [0.05, 0.1) is 7.11 Å². The molecule has 0 aliphatic heterocycles. The third-order valence-corrected chi connectivity index (χ3v) is 3.30. The number of methoxy groups -OCH3 is 1. The Morgan fingerprint density at radius 3 is 2.39 bits per heavy atom. The van der Waals surface area contributed by atoms with E-state index < -0.39 is 0 Å². The van der Waals surface area contributed by atoms with Crippen molar-refractivity contribution in [1.82, 2.24) is 5.43 Å². The lowest BCUT2D eigenvalue weighted by Crippen LogP contribution is -2.29. The molecule has 0 heterocycles. The minimum Gasteiger partial charge on any atom is -0.496 e. The molecule has 0 spiro atoms. The van der Waals surface area contributed by atoms with Gasteiger partial charge >= 0.3 is 0 Å². The Morgan fingerprint density at radius 2 is 1.89 bits per heavy atom. The first-order chi connectivity index (χ1) is 8.49. The summed E-state index contributed by atoms with van der Waals surface area (Å²) in [6, 6.07) is 4.41. The third kappa shape index (κ3) is 3.72. The molecule has 0 aromatic heterocycles. The highest BCUT2D eigenvalue weighted by atomic mass is 16.5. The monoisotopic (exact) mass is 250 g/mol. The molecule has 0 aliphatic rings. The largest absolute Gasteiger partial charge is 0.496 e. The fraction of sp³-hybridized carbons (Fsp3) is 0.600. The van der Waals surface area contributed by atoms with Gasteiger partial charge in [-0.1, -0.05) is 19.9 Å². The highest BCUT2D eigenvalue weighted by molar-refractivity contribution is 5.45. The Hall–Kier alpha value is -1.06. The second kappa shape index (κ2) is 6.76. The van der Waals surface area contributed by atoms with E-state index in [0.717, 1.165) is 18.6 Å². The van der Waals surface area contributed by atoms with Gasteiger partial charge in [0.25, 0.3) is 0 Å². The molecule has 1 unspecified atom stereocenters. The molecule has 3 heteroatoms. The molecule has 1 aromatic rings. The fourth-order valence-corrected chi connectivity index (χ4v) is 2.37. The van der Waals surface area contributed by atoms with Crippen molar-refractivity contribution < 1.29 is 4.74 Å². The van der Waals surface area contributed by atoms with Crippen LogP contribution < -0.4 is 16.0 Å². The summed E-state index contributed by atoms with van der Waals surface area (Å²) in [6.45, 7) is 8.66. The van der Waals surface area contributed by atoms with E-state index >= 15 is 0 Å². The summed E-state index contributed by atoms with van der Waals surface area (Å²) in [7, 11) is 1.72. The molecule has 1 aromatic carbocycles. The Kier molecular flexibility index (Phi) is 5.63. The van der Waals surface area contributed by atoms with Gasteiger partial charge in [-0.05, 0) is 49.8 Å². The molecule has 0 bridgehead atoms. The van der Waals surface area contributed by atoms with Gasteiger partial charge in [-0.3, -0.25) is 11.3 Å². The molecular formula is C15H26N2O. The molecule has 0 saturated heterocycles. The minimum atomic E-state index is 0.156. The van der Waals surface area contributed by atoms with Gasteiger partial charge in [0.1, 0.15) is 5.75 Å². The van der Waals surface area contributed by atoms with Crippen LogP contribution in [-0.4, -0.2) is 7.11 Å². The Morgan fingerprint density at radius 1 is 1.22 bits per heavy atom. The van der Waals surface area contributed by atoms with Crippen LogP contribution in [-0.2, 0) is 0 Å². The SMILES string of the molecule is COc1cc(C)cc(C)c1C(CCC(C)C)NN. The number of ether oxygens (including phenoxy) is 1. The van der Waals surface area contributed by atoms with Crippen LogP contribution in [0.3, 0.4) is 0 Å². The molecule has 0 fully saturated rings. The zero-order valence-corrected chi connectivity index (χ0v) is 12.2. The van der Waals surface area contributed by atoms with Crippen molar-refractivity contribution in [2.75, 3.05) is 7.11 Å². The van der Waals surface area contributed by atoms with Gasteiger partial charge in [0.2, 0.25) is 0 Å². The molecule has 0 aliphatic carbocycles. The summed E-state index contributed by atoms with van der Waals surface area (Å²) in [5, 5.41) is 0. The van der Waals surface area contributed by atoms with Crippen LogP contribution in [0.1, 0.15) is 49.4 Å². The van der Waals surface area contributed by atoms with E-state index in [1.54, 1.807) is 7.11 Å². The first-order valence-electron chi connectivity index (χ1n) is 6.60. The zero-order chi connectivity index (χ0) is 13.7.